The Morgan fingerprint density at radius 3 is 2.58 bits per heavy atom. The van der Waals surface area contributed by atoms with Gasteiger partial charge in [-0.05, 0) is 18.2 Å². The molecule has 1 aromatic carbocycles. The van der Waals surface area contributed by atoms with Gasteiger partial charge in [0.1, 0.15) is 5.76 Å². The number of hydrogen-bond donors (Lipinski definition) is 0. The number of hydrogen-bond acceptors (Lipinski definition) is 8. The van der Waals surface area contributed by atoms with E-state index in [4.69, 9.17) is 4.42 Å². The fraction of sp³-hybridized carbons (Fsp3) is 0.300. The molecule has 1 aliphatic heterocycles. The van der Waals surface area contributed by atoms with Gasteiger partial charge in [0.2, 0.25) is 10.0 Å². The van der Waals surface area contributed by atoms with Crippen molar-refractivity contribution in [3.8, 4) is 0 Å². The number of amides is 1. The molecule has 4 rings (SSSR count). The third-order valence-electron chi connectivity index (χ3n) is 5.20. The standard InChI is InChI=1S/C20H21N5O6S2/c1-22-9-8-21-20(22)32-14-15-6-7-17(31-15)19(26)23-10-12-24(13-11-23)33(29,30)18-5-3-2-4-16(18)25(27)28/h2-9H,10-14H2,1H3. The van der Waals surface area contributed by atoms with Crippen LogP contribution in [-0.4, -0.2) is 64.2 Å². The number of piperazine rings is 1. The van der Waals surface area contributed by atoms with Gasteiger partial charge in [0, 0.05) is 51.7 Å². The molecule has 3 heterocycles. The summed E-state index contributed by atoms with van der Waals surface area (Å²) in [5.74, 6) is 0.996. The number of sulfonamides is 1. The molecule has 1 fully saturated rings. The topological polar surface area (TPSA) is 132 Å². The van der Waals surface area contributed by atoms with Gasteiger partial charge >= 0.3 is 0 Å². The molecule has 0 saturated carbocycles. The van der Waals surface area contributed by atoms with Crippen LogP contribution in [0.25, 0.3) is 0 Å². The summed E-state index contributed by atoms with van der Waals surface area (Å²) in [6, 6.07) is 8.58. The molecular formula is C20H21N5O6S2. The Hall–Kier alpha value is -3.16. The number of carbonyl (C=O) groups excluding carboxylic acids is 1. The third kappa shape index (κ3) is 4.79. The summed E-state index contributed by atoms with van der Waals surface area (Å²) in [6.45, 7) is 0.360. The summed E-state index contributed by atoms with van der Waals surface area (Å²) in [4.78, 5) is 28.7. The predicted molar refractivity (Wildman–Crippen MR) is 119 cm³/mol. The van der Waals surface area contributed by atoms with E-state index in [2.05, 4.69) is 4.98 Å². The monoisotopic (exact) mass is 491 g/mol. The second-order valence-corrected chi connectivity index (χ2v) is 10.1. The molecule has 0 atom stereocenters. The van der Waals surface area contributed by atoms with Crippen LogP contribution < -0.4 is 0 Å². The average Bonchev–Trinajstić information content (AvgIpc) is 3.46. The zero-order chi connectivity index (χ0) is 23.6. The van der Waals surface area contributed by atoms with E-state index in [-0.39, 0.29) is 42.7 Å². The highest BCUT2D eigenvalue weighted by molar-refractivity contribution is 7.98. The molecule has 0 spiro atoms. The molecule has 1 aliphatic rings. The summed E-state index contributed by atoms with van der Waals surface area (Å²) >= 11 is 1.48. The number of carbonyl (C=O) groups is 1. The van der Waals surface area contributed by atoms with Crippen molar-refractivity contribution in [2.24, 2.45) is 7.05 Å². The SMILES string of the molecule is Cn1ccnc1SCc1ccc(C(=O)N2CCN(S(=O)(=O)c3ccccc3[N+](=O)[O-])CC2)o1. The normalized spacial score (nSPS) is 15.0. The molecule has 1 amide bonds. The average molecular weight is 492 g/mol. The van der Waals surface area contributed by atoms with Crippen molar-refractivity contribution >= 4 is 33.4 Å². The minimum absolute atomic E-state index is 0.0305. The van der Waals surface area contributed by atoms with E-state index in [0.717, 1.165) is 15.5 Å². The summed E-state index contributed by atoms with van der Waals surface area (Å²) in [6.07, 6.45) is 3.55. The second-order valence-electron chi connectivity index (χ2n) is 7.30. The highest BCUT2D eigenvalue weighted by Gasteiger charge is 2.35. The molecule has 33 heavy (non-hydrogen) atoms. The van der Waals surface area contributed by atoms with Crippen molar-refractivity contribution in [2.75, 3.05) is 26.2 Å². The lowest BCUT2D eigenvalue weighted by molar-refractivity contribution is -0.387. The number of para-hydroxylation sites is 1. The molecule has 1 saturated heterocycles. The van der Waals surface area contributed by atoms with Gasteiger partial charge in [0.15, 0.2) is 15.8 Å². The lowest BCUT2D eigenvalue weighted by atomic mass is 10.3. The van der Waals surface area contributed by atoms with Crippen molar-refractivity contribution in [2.45, 2.75) is 15.8 Å². The van der Waals surface area contributed by atoms with E-state index in [1.165, 1.54) is 34.9 Å². The maximum atomic E-state index is 12.9. The van der Waals surface area contributed by atoms with E-state index in [1.807, 2.05) is 17.8 Å². The molecule has 0 N–H and O–H groups in total. The first kappa shape index (κ1) is 23.0. The quantitative estimate of drug-likeness (QED) is 0.280. The predicted octanol–water partition coefficient (Wildman–Crippen LogP) is 2.36. The first-order valence-electron chi connectivity index (χ1n) is 9.99. The van der Waals surface area contributed by atoms with Gasteiger partial charge in [0.05, 0.1) is 10.7 Å². The molecule has 0 bridgehead atoms. The minimum Gasteiger partial charge on any atom is -0.455 e. The second kappa shape index (κ2) is 9.37. The number of nitrogens with zero attached hydrogens (tertiary/aromatic N) is 5. The van der Waals surface area contributed by atoms with Crippen LogP contribution in [0.2, 0.25) is 0 Å². The summed E-state index contributed by atoms with van der Waals surface area (Å²) < 4.78 is 34.6. The van der Waals surface area contributed by atoms with Crippen molar-refractivity contribution < 1.29 is 22.6 Å². The van der Waals surface area contributed by atoms with Crippen molar-refractivity contribution in [1.82, 2.24) is 18.8 Å². The smallest absolute Gasteiger partial charge is 0.289 e. The van der Waals surface area contributed by atoms with Gasteiger partial charge < -0.3 is 13.9 Å². The lowest BCUT2D eigenvalue weighted by Crippen LogP contribution is -2.50. The zero-order valence-electron chi connectivity index (χ0n) is 17.7. The van der Waals surface area contributed by atoms with Gasteiger partial charge in [-0.15, -0.1) is 0 Å². The maximum absolute atomic E-state index is 12.9. The van der Waals surface area contributed by atoms with Crippen molar-refractivity contribution in [3.63, 3.8) is 0 Å². The van der Waals surface area contributed by atoms with Crippen LogP contribution in [0.5, 0.6) is 0 Å². The molecule has 0 unspecified atom stereocenters. The Morgan fingerprint density at radius 2 is 1.91 bits per heavy atom. The first-order valence-corrected chi connectivity index (χ1v) is 12.4. The van der Waals surface area contributed by atoms with Crippen LogP contribution in [0.15, 0.2) is 63.3 Å². The number of nitro benzene ring substituents is 1. The van der Waals surface area contributed by atoms with Crippen LogP contribution in [0.4, 0.5) is 5.69 Å². The zero-order valence-corrected chi connectivity index (χ0v) is 19.3. The number of aryl methyl sites for hydroxylation is 1. The fourth-order valence-electron chi connectivity index (χ4n) is 3.45. The van der Waals surface area contributed by atoms with Crippen molar-refractivity contribution in [3.05, 3.63) is 70.4 Å². The van der Waals surface area contributed by atoms with Crippen LogP contribution in [-0.2, 0) is 22.8 Å². The Bertz CT molecular complexity index is 1280. The van der Waals surface area contributed by atoms with E-state index in [0.29, 0.717) is 11.5 Å². The number of thioether (sulfide) groups is 1. The number of aromatic nitrogens is 2. The Morgan fingerprint density at radius 1 is 1.18 bits per heavy atom. The Kier molecular flexibility index (Phi) is 6.54. The fourth-order valence-corrected chi connectivity index (χ4v) is 5.86. The van der Waals surface area contributed by atoms with Gasteiger partial charge in [-0.25, -0.2) is 13.4 Å². The van der Waals surface area contributed by atoms with Crippen LogP contribution in [0.1, 0.15) is 16.3 Å². The van der Waals surface area contributed by atoms with Gasteiger partial charge in [0.25, 0.3) is 11.6 Å². The van der Waals surface area contributed by atoms with E-state index in [9.17, 15) is 23.3 Å². The molecule has 3 aromatic rings. The molecule has 174 valence electrons. The summed E-state index contributed by atoms with van der Waals surface area (Å²) in [5.41, 5.74) is -0.470. The molecular weight excluding hydrogens is 470 g/mol. The van der Waals surface area contributed by atoms with E-state index >= 15 is 0 Å². The molecule has 2 aromatic heterocycles. The van der Waals surface area contributed by atoms with E-state index < -0.39 is 20.6 Å². The Balaban J connectivity index is 1.38. The van der Waals surface area contributed by atoms with Crippen molar-refractivity contribution in [1.29, 1.82) is 0 Å². The van der Waals surface area contributed by atoms with Crippen LogP contribution >= 0.6 is 11.8 Å². The summed E-state index contributed by atoms with van der Waals surface area (Å²) in [7, 11) is -2.17. The largest absolute Gasteiger partial charge is 0.455 e. The van der Waals surface area contributed by atoms with Gasteiger partial charge in [-0.1, -0.05) is 23.9 Å². The van der Waals surface area contributed by atoms with Crippen LogP contribution in [0.3, 0.4) is 0 Å². The highest BCUT2D eigenvalue weighted by atomic mass is 32.2. The van der Waals surface area contributed by atoms with Gasteiger partial charge in [-0.3, -0.25) is 14.9 Å². The van der Waals surface area contributed by atoms with Crippen LogP contribution in [0, 0.1) is 10.1 Å². The minimum atomic E-state index is -4.06. The Labute approximate surface area is 194 Å². The number of nitro groups is 1. The molecule has 0 radical (unpaired) electrons. The number of benzene rings is 1. The maximum Gasteiger partial charge on any atom is 0.289 e. The summed E-state index contributed by atoms with van der Waals surface area (Å²) in [5, 5.41) is 12.1. The van der Waals surface area contributed by atoms with Gasteiger partial charge in [-0.2, -0.15) is 4.31 Å². The lowest BCUT2D eigenvalue weighted by Gasteiger charge is -2.33. The number of rotatable bonds is 7. The number of furan rings is 1. The molecule has 0 aliphatic carbocycles. The highest BCUT2D eigenvalue weighted by Crippen LogP contribution is 2.27. The first-order chi connectivity index (χ1) is 15.8. The third-order valence-corrected chi connectivity index (χ3v) is 8.23. The molecule has 11 nitrogen and oxygen atoms in total. The van der Waals surface area contributed by atoms with E-state index in [1.54, 1.807) is 18.3 Å². The molecule has 13 heteroatoms. The number of imidazole rings is 1.